The maximum Gasteiger partial charge on any atom is 0.322 e. The molecule has 0 saturated carbocycles. The predicted molar refractivity (Wildman–Crippen MR) is 154 cm³/mol. The zero-order valence-electron chi connectivity index (χ0n) is 21.5. The molecule has 0 radical (unpaired) electrons. The average Bonchev–Trinajstić information content (AvgIpc) is 3.27. The average molecular weight is 565 g/mol. The second kappa shape index (κ2) is 11.1. The number of carbonyl (C=O) groups is 2. The molecule has 200 valence electrons. The lowest BCUT2D eigenvalue weighted by Gasteiger charge is -2.34. The maximum absolute atomic E-state index is 13.7. The number of carbonyl (C=O) groups excluding carboxylic acids is 2. The topological polar surface area (TPSA) is 57.6 Å². The van der Waals surface area contributed by atoms with E-state index in [0.29, 0.717) is 47.5 Å². The minimum absolute atomic E-state index is 0.109. The SMILES string of the molecule is Cc1ccc(-n2c(-c3ccc(F)cc3)cc(C(=O)N3CCN(C(=O)Nc4ccc(Cl)cc4Cl)CC3)c2C)cc1. The second-order valence-corrected chi connectivity index (χ2v) is 10.4. The number of urea groups is 1. The van der Waals surface area contributed by atoms with Crippen molar-refractivity contribution in [1.29, 1.82) is 0 Å². The molecule has 1 aliphatic rings. The van der Waals surface area contributed by atoms with E-state index in [0.717, 1.165) is 28.2 Å². The van der Waals surface area contributed by atoms with Crippen LogP contribution in [0.4, 0.5) is 14.9 Å². The molecular weight excluding hydrogens is 538 g/mol. The zero-order chi connectivity index (χ0) is 27.7. The normalized spacial score (nSPS) is 13.5. The highest BCUT2D eigenvalue weighted by atomic mass is 35.5. The van der Waals surface area contributed by atoms with Crippen LogP contribution in [0.1, 0.15) is 21.6 Å². The number of hydrogen-bond donors (Lipinski definition) is 1. The van der Waals surface area contributed by atoms with Crippen molar-refractivity contribution in [2.75, 3.05) is 31.5 Å². The number of hydrogen-bond acceptors (Lipinski definition) is 2. The molecular formula is C30H27Cl2FN4O2. The monoisotopic (exact) mass is 564 g/mol. The van der Waals surface area contributed by atoms with Gasteiger partial charge >= 0.3 is 6.03 Å². The van der Waals surface area contributed by atoms with E-state index in [4.69, 9.17) is 23.2 Å². The van der Waals surface area contributed by atoms with Gasteiger partial charge in [-0.25, -0.2) is 9.18 Å². The fourth-order valence-electron chi connectivity index (χ4n) is 4.75. The van der Waals surface area contributed by atoms with E-state index in [2.05, 4.69) is 5.32 Å². The molecule has 3 amide bonds. The van der Waals surface area contributed by atoms with Gasteiger partial charge in [0.05, 0.1) is 22.0 Å². The van der Waals surface area contributed by atoms with Crippen LogP contribution in [0.3, 0.4) is 0 Å². The van der Waals surface area contributed by atoms with Crippen molar-refractivity contribution in [2.45, 2.75) is 13.8 Å². The molecule has 39 heavy (non-hydrogen) atoms. The van der Waals surface area contributed by atoms with E-state index in [1.54, 1.807) is 40.1 Å². The maximum atomic E-state index is 13.7. The van der Waals surface area contributed by atoms with Gasteiger partial charge in [0.1, 0.15) is 5.82 Å². The Morgan fingerprint density at radius 2 is 1.46 bits per heavy atom. The molecule has 1 aromatic heterocycles. The van der Waals surface area contributed by atoms with Crippen molar-refractivity contribution in [3.05, 3.63) is 105 Å². The van der Waals surface area contributed by atoms with Crippen LogP contribution in [0.25, 0.3) is 16.9 Å². The molecule has 5 rings (SSSR count). The van der Waals surface area contributed by atoms with Crippen LogP contribution in [0.15, 0.2) is 72.8 Å². The highest BCUT2D eigenvalue weighted by Crippen LogP contribution is 2.31. The van der Waals surface area contributed by atoms with Gasteiger partial charge in [-0.1, -0.05) is 40.9 Å². The number of halogens is 3. The van der Waals surface area contributed by atoms with Gasteiger partial charge in [-0.15, -0.1) is 0 Å². The lowest BCUT2D eigenvalue weighted by molar-refractivity contribution is 0.0671. The first-order chi connectivity index (χ1) is 18.7. The van der Waals surface area contributed by atoms with E-state index in [1.165, 1.54) is 12.1 Å². The molecule has 3 aromatic carbocycles. The van der Waals surface area contributed by atoms with Crippen LogP contribution in [-0.4, -0.2) is 52.5 Å². The molecule has 0 spiro atoms. The summed E-state index contributed by atoms with van der Waals surface area (Å²) < 4.78 is 15.7. The molecule has 0 unspecified atom stereocenters. The highest BCUT2D eigenvalue weighted by Gasteiger charge is 2.28. The van der Waals surface area contributed by atoms with Crippen LogP contribution >= 0.6 is 23.2 Å². The molecule has 6 nitrogen and oxygen atoms in total. The smallest absolute Gasteiger partial charge is 0.322 e. The lowest BCUT2D eigenvalue weighted by Crippen LogP contribution is -2.51. The molecule has 1 saturated heterocycles. The highest BCUT2D eigenvalue weighted by molar-refractivity contribution is 6.36. The summed E-state index contributed by atoms with van der Waals surface area (Å²) in [4.78, 5) is 29.9. The minimum atomic E-state index is -0.319. The van der Waals surface area contributed by atoms with E-state index in [1.807, 2.05) is 48.7 Å². The summed E-state index contributed by atoms with van der Waals surface area (Å²) in [7, 11) is 0. The molecule has 1 aliphatic heterocycles. The Balaban J connectivity index is 1.36. The summed E-state index contributed by atoms with van der Waals surface area (Å²) in [6, 6.07) is 20.8. The van der Waals surface area contributed by atoms with Crippen molar-refractivity contribution in [1.82, 2.24) is 14.4 Å². The van der Waals surface area contributed by atoms with Crippen LogP contribution < -0.4 is 5.32 Å². The van der Waals surface area contributed by atoms with Crippen molar-refractivity contribution in [3.63, 3.8) is 0 Å². The third-order valence-electron chi connectivity index (χ3n) is 6.94. The third-order valence-corrected chi connectivity index (χ3v) is 7.48. The summed E-state index contributed by atoms with van der Waals surface area (Å²) in [6.07, 6.45) is 0. The van der Waals surface area contributed by atoms with Crippen molar-refractivity contribution in [2.24, 2.45) is 0 Å². The lowest BCUT2D eigenvalue weighted by atomic mass is 10.1. The second-order valence-electron chi connectivity index (χ2n) is 9.54. The Morgan fingerprint density at radius 1 is 0.821 bits per heavy atom. The number of amides is 3. The quantitative estimate of drug-likeness (QED) is 0.285. The van der Waals surface area contributed by atoms with Gasteiger partial charge in [0, 0.05) is 42.6 Å². The molecule has 1 fully saturated rings. The Hall–Kier alpha value is -3.81. The summed E-state index contributed by atoms with van der Waals surface area (Å²) in [5.41, 5.74) is 5.49. The predicted octanol–water partition coefficient (Wildman–Crippen LogP) is 7.20. The summed E-state index contributed by atoms with van der Waals surface area (Å²) in [5.74, 6) is -0.428. The molecule has 0 atom stereocenters. The molecule has 0 aliphatic carbocycles. The van der Waals surface area contributed by atoms with E-state index in [-0.39, 0.29) is 17.8 Å². The van der Waals surface area contributed by atoms with Crippen LogP contribution in [0.2, 0.25) is 10.0 Å². The number of anilines is 1. The largest absolute Gasteiger partial charge is 0.335 e. The van der Waals surface area contributed by atoms with Gasteiger partial charge in [0.25, 0.3) is 5.91 Å². The molecule has 2 heterocycles. The number of piperazine rings is 1. The van der Waals surface area contributed by atoms with Crippen LogP contribution in [-0.2, 0) is 0 Å². The van der Waals surface area contributed by atoms with E-state index >= 15 is 0 Å². The third kappa shape index (κ3) is 5.65. The first-order valence-corrected chi connectivity index (χ1v) is 13.3. The van der Waals surface area contributed by atoms with Crippen molar-refractivity contribution < 1.29 is 14.0 Å². The Kier molecular flexibility index (Phi) is 7.64. The van der Waals surface area contributed by atoms with Gasteiger partial charge in [-0.3, -0.25) is 4.79 Å². The van der Waals surface area contributed by atoms with Gasteiger partial charge in [0.2, 0.25) is 0 Å². The van der Waals surface area contributed by atoms with Gasteiger partial charge in [0.15, 0.2) is 0 Å². The summed E-state index contributed by atoms with van der Waals surface area (Å²) in [5, 5.41) is 3.65. The zero-order valence-corrected chi connectivity index (χ0v) is 23.1. The number of aromatic nitrogens is 1. The Bertz CT molecular complexity index is 1530. The molecule has 1 N–H and O–H groups in total. The van der Waals surface area contributed by atoms with Crippen molar-refractivity contribution >= 4 is 40.8 Å². The fourth-order valence-corrected chi connectivity index (χ4v) is 5.21. The van der Waals surface area contributed by atoms with Crippen molar-refractivity contribution in [3.8, 4) is 16.9 Å². The number of aryl methyl sites for hydroxylation is 1. The standard InChI is InChI=1S/C30H27Cl2FN4O2/c1-19-3-10-24(11-4-19)37-20(2)25(18-28(37)21-5-8-23(33)9-6-21)29(38)35-13-15-36(16-14-35)30(39)34-27-12-7-22(31)17-26(27)32/h3-12,17-18H,13-16H2,1-2H3,(H,34,39). The van der Waals surface area contributed by atoms with Gasteiger partial charge < -0.3 is 19.7 Å². The fraction of sp³-hybridized carbons (Fsp3) is 0.200. The number of rotatable bonds is 4. The summed E-state index contributed by atoms with van der Waals surface area (Å²) in [6.45, 7) is 5.48. The number of nitrogens with one attached hydrogen (secondary N) is 1. The molecule has 4 aromatic rings. The molecule has 9 heteroatoms. The van der Waals surface area contributed by atoms with Crippen LogP contribution in [0.5, 0.6) is 0 Å². The minimum Gasteiger partial charge on any atom is -0.335 e. The number of benzene rings is 3. The Morgan fingerprint density at radius 3 is 2.10 bits per heavy atom. The number of nitrogens with zero attached hydrogens (tertiary/aromatic N) is 3. The molecule has 0 bridgehead atoms. The van der Waals surface area contributed by atoms with E-state index < -0.39 is 0 Å². The summed E-state index contributed by atoms with van der Waals surface area (Å²) >= 11 is 12.1. The van der Waals surface area contributed by atoms with Gasteiger partial charge in [-0.05, 0) is 80.1 Å². The van der Waals surface area contributed by atoms with E-state index in [9.17, 15) is 14.0 Å². The first-order valence-electron chi connectivity index (χ1n) is 12.6. The van der Waals surface area contributed by atoms with Crippen LogP contribution in [0, 0.1) is 19.7 Å². The Labute approximate surface area is 236 Å². The first kappa shape index (κ1) is 26.8. The van der Waals surface area contributed by atoms with Gasteiger partial charge in [-0.2, -0.15) is 0 Å².